The number of hydrogen-bond acceptors (Lipinski definition) is 6. The van der Waals surface area contributed by atoms with Crippen LogP contribution in [0.1, 0.15) is 20.9 Å². The van der Waals surface area contributed by atoms with E-state index in [4.69, 9.17) is 4.74 Å². The monoisotopic (exact) mass is 377 g/mol. The van der Waals surface area contributed by atoms with E-state index in [0.29, 0.717) is 17.7 Å². The third-order valence-corrected chi connectivity index (χ3v) is 5.20. The SMILES string of the molecule is Cc1cc(-c2csc(C/C=C3\C(=O)Oc4ccccc4C3=O)n2)ccc1O. The van der Waals surface area contributed by atoms with Crippen LogP contribution in [-0.2, 0) is 11.2 Å². The second kappa shape index (κ2) is 6.81. The summed E-state index contributed by atoms with van der Waals surface area (Å²) in [6, 6.07) is 12.0. The fourth-order valence-corrected chi connectivity index (χ4v) is 3.62. The normalized spacial score (nSPS) is 14.9. The number of aromatic hydroxyl groups is 1. The number of benzene rings is 2. The number of thiazole rings is 1. The molecular weight excluding hydrogens is 362 g/mol. The van der Waals surface area contributed by atoms with E-state index in [1.54, 1.807) is 42.5 Å². The Morgan fingerprint density at radius 3 is 2.81 bits per heavy atom. The fraction of sp³-hybridized carbons (Fsp3) is 0.0952. The lowest BCUT2D eigenvalue weighted by atomic mass is 9.99. The maximum atomic E-state index is 12.5. The Balaban J connectivity index is 1.57. The second-order valence-electron chi connectivity index (χ2n) is 6.16. The molecule has 2 heterocycles. The first kappa shape index (κ1) is 17.2. The van der Waals surface area contributed by atoms with Gasteiger partial charge in [0.25, 0.3) is 0 Å². The van der Waals surface area contributed by atoms with Crippen molar-refractivity contribution >= 4 is 23.1 Å². The summed E-state index contributed by atoms with van der Waals surface area (Å²) in [7, 11) is 0. The van der Waals surface area contributed by atoms with Gasteiger partial charge in [-0.05, 0) is 42.8 Å². The summed E-state index contributed by atoms with van der Waals surface area (Å²) < 4.78 is 5.23. The number of ketones is 1. The third-order valence-electron chi connectivity index (χ3n) is 4.32. The Hall–Kier alpha value is -3.25. The molecule has 0 saturated heterocycles. The number of allylic oxidation sites excluding steroid dienone is 1. The Morgan fingerprint density at radius 1 is 1.19 bits per heavy atom. The summed E-state index contributed by atoms with van der Waals surface area (Å²) in [4.78, 5) is 29.2. The number of para-hydroxylation sites is 1. The van der Waals surface area contributed by atoms with E-state index in [1.807, 2.05) is 18.4 Å². The Labute approximate surface area is 159 Å². The van der Waals surface area contributed by atoms with Crippen LogP contribution in [0.5, 0.6) is 11.5 Å². The molecule has 0 unspecified atom stereocenters. The number of ether oxygens (including phenoxy) is 1. The van der Waals surface area contributed by atoms with Crippen LogP contribution in [0.25, 0.3) is 11.3 Å². The highest BCUT2D eigenvalue weighted by atomic mass is 32.1. The molecule has 134 valence electrons. The minimum absolute atomic E-state index is 0.0333. The van der Waals surface area contributed by atoms with Crippen molar-refractivity contribution in [2.45, 2.75) is 13.3 Å². The Morgan fingerprint density at radius 2 is 2.00 bits per heavy atom. The predicted molar refractivity (Wildman–Crippen MR) is 102 cm³/mol. The number of aryl methyl sites for hydroxylation is 1. The van der Waals surface area contributed by atoms with Crippen molar-refractivity contribution in [3.05, 3.63) is 75.6 Å². The number of Topliss-reactive ketones (excluding diaryl/α,β-unsaturated/α-hetero) is 1. The molecule has 5 nitrogen and oxygen atoms in total. The van der Waals surface area contributed by atoms with Crippen LogP contribution in [0.2, 0.25) is 0 Å². The van der Waals surface area contributed by atoms with Gasteiger partial charge in [0, 0.05) is 17.4 Å². The molecule has 3 aromatic rings. The lowest BCUT2D eigenvalue weighted by Gasteiger charge is -2.16. The Kier molecular flexibility index (Phi) is 4.33. The van der Waals surface area contributed by atoms with Gasteiger partial charge in [0.1, 0.15) is 17.1 Å². The van der Waals surface area contributed by atoms with E-state index in [-0.39, 0.29) is 17.1 Å². The topological polar surface area (TPSA) is 76.5 Å². The largest absolute Gasteiger partial charge is 0.508 e. The molecule has 27 heavy (non-hydrogen) atoms. The van der Waals surface area contributed by atoms with E-state index in [2.05, 4.69) is 4.98 Å². The number of phenolic OH excluding ortho intramolecular Hbond substituents is 1. The van der Waals surface area contributed by atoms with E-state index < -0.39 is 5.97 Å². The van der Waals surface area contributed by atoms with Crippen LogP contribution in [0.15, 0.2) is 59.5 Å². The number of nitrogens with zero attached hydrogens (tertiary/aromatic N) is 1. The smallest absolute Gasteiger partial charge is 0.347 e. The number of esters is 1. The second-order valence-corrected chi connectivity index (χ2v) is 7.11. The van der Waals surface area contributed by atoms with Gasteiger partial charge in [-0.3, -0.25) is 4.79 Å². The summed E-state index contributed by atoms with van der Waals surface area (Å²) in [6.07, 6.45) is 1.94. The lowest BCUT2D eigenvalue weighted by molar-refractivity contribution is -0.130. The first-order chi connectivity index (χ1) is 13.0. The number of phenols is 1. The van der Waals surface area contributed by atoms with Gasteiger partial charge >= 0.3 is 5.97 Å². The maximum absolute atomic E-state index is 12.5. The highest BCUT2D eigenvalue weighted by molar-refractivity contribution is 7.10. The molecule has 2 aromatic carbocycles. The van der Waals surface area contributed by atoms with Gasteiger partial charge in [-0.1, -0.05) is 18.2 Å². The van der Waals surface area contributed by atoms with Crippen molar-refractivity contribution in [1.82, 2.24) is 4.98 Å². The van der Waals surface area contributed by atoms with Crippen LogP contribution in [0.4, 0.5) is 0 Å². The summed E-state index contributed by atoms with van der Waals surface area (Å²) >= 11 is 1.45. The fourth-order valence-electron chi connectivity index (χ4n) is 2.85. The van der Waals surface area contributed by atoms with E-state index in [0.717, 1.165) is 21.8 Å². The van der Waals surface area contributed by atoms with Crippen molar-refractivity contribution in [3.63, 3.8) is 0 Å². The van der Waals surface area contributed by atoms with E-state index in [1.165, 1.54) is 11.3 Å². The van der Waals surface area contributed by atoms with Gasteiger partial charge in [0.15, 0.2) is 0 Å². The van der Waals surface area contributed by atoms with Gasteiger partial charge in [0.05, 0.1) is 16.3 Å². The maximum Gasteiger partial charge on any atom is 0.347 e. The van der Waals surface area contributed by atoms with Crippen molar-refractivity contribution in [1.29, 1.82) is 0 Å². The quantitative estimate of drug-likeness (QED) is 0.322. The molecule has 6 heteroatoms. The van der Waals surface area contributed by atoms with Gasteiger partial charge in [-0.25, -0.2) is 9.78 Å². The van der Waals surface area contributed by atoms with E-state index in [9.17, 15) is 14.7 Å². The molecule has 1 aromatic heterocycles. The zero-order valence-corrected chi connectivity index (χ0v) is 15.2. The van der Waals surface area contributed by atoms with Gasteiger partial charge in [0.2, 0.25) is 5.78 Å². The molecule has 0 amide bonds. The van der Waals surface area contributed by atoms with Crippen molar-refractivity contribution < 1.29 is 19.4 Å². The average Bonchev–Trinajstić information content (AvgIpc) is 3.13. The van der Waals surface area contributed by atoms with Crippen LogP contribution in [0, 0.1) is 6.92 Å². The molecule has 1 aliphatic heterocycles. The zero-order chi connectivity index (χ0) is 19.0. The molecule has 1 N–H and O–H groups in total. The van der Waals surface area contributed by atoms with Crippen molar-refractivity contribution in [2.75, 3.05) is 0 Å². The number of carbonyl (C=O) groups is 2. The predicted octanol–water partition coefficient (Wildman–Crippen LogP) is 4.09. The molecule has 0 atom stereocenters. The van der Waals surface area contributed by atoms with Crippen molar-refractivity contribution in [2.24, 2.45) is 0 Å². The molecule has 0 spiro atoms. The van der Waals surface area contributed by atoms with Gasteiger partial charge in [-0.2, -0.15) is 0 Å². The van der Waals surface area contributed by atoms with Crippen LogP contribution in [0.3, 0.4) is 0 Å². The summed E-state index contributed by atoms with van der Waals surface area (Å²) in [5.74, 6) is -0.421. The minimum Gasteiger partial charge on any atom is -0.508 e. The number of aromatic nitrogens is 1. The highest BCUT2D eigenvalue weighted by Crippen LogP contribution is 2.29. The molecule has 0 aliphatic carbocycles. The molecule has 1 aliphatic rings. The van der Waals surface area contributed by atoms with Gasteiger partial charge in [-0.15, -0.1) is 11.3 Å². The molecule has 4 rings (SSSR count). The number of carbonyl (C=O) groups excluding carboxylic acids is 2. The summed E-state index contributed by atoms with van der Waals surface area (Å²) in [5, 5.41) is 12.3. The van der Waals surface area contributed by atoms with Gasteiger partial charge < -0.3 is 9.84 Å². The molecule has 0 bridgehead atoms. The summed E-state index contributed by atoms with van der Waals surface area (Å²) in [5.41, 5.74) is 2.90. The highest BCUT2D eigenvalue weighted by Gasteiger charge is 2.30. The molecule has 0 fully saturated rings. The van der Waals surface area contributed by atoms with Crippen LogP contribution < -0.4 is 4.74 Å². The first-order valence-electron chi connectivity index (χ1n) is 8.33. The standard InChI is InChI=1S/C21H15NO4S/c1-12-10-13(6-8-17(12)23)16-11-27-19(22-16)9-7-15-20(24)14-4-2-3-5-18(14)26-21(15)25/h2-8,10-11,23H,9H2,1H3/b15-7-. The molecular formula is C21H15NO4S. The number of rotatable bonds is 3. The van der Waals surface area contributed by atoms with Crippen molar-refractivity contribution in [3.8, 4) is 22.8 Å². The van der Waals surface area contributed by atoms with E-state index >= 15 is 0 Å². The molecule has 0 radical (unpaired) electrons. The summed E-state index contributed by atoms with van der Waals surface area (Å²) in [6.45, 7) is 1.83. The average molecular weight is 377 g/mol. The number of hydrogen-bond donors (Lipinski definition) is 1. The lowest BCUT2D eigenvalue weighted by Crippen LogP contribution is -2.25. The first-order valence-corrected chi connectivity index (χ1v) is 9.21. The number of fused-ring (bicyclic) bond motifs is 1. The third kappa shape index (κ3) is 3.27. The Bertz CT molecular complexity index is 1100. The minimum atomic E-state index is -0.635. The zero-order valence-electron chi connectivity index (χ0n) is 14.4. The molecule has 0 saturated carbocycles. The van der Waals surface area contributed by atoms with Crippen LogP contribution >= 0.6 is 11.3 Å². The van der Waals surface area contributed by atoms with Crippen LogP contribution in [-0.4, -0.2) is 21.8 Å².